The van der Waals surface area contributed by atoms with Gasteiger partial charge in [-0.3, -0.25) is 4.99 Å². The number of hydrogen-bond acceptors (Lipinski definition) is 3. The van der Waals surface area contributed by atoms with Gasteiger partial charge in [0.25, 0.3) is 0 Å². The highest BCUT2D eigenvalue weighted by Crippen LogP contribution is 2.26. The highest BCUT2D eigenvalue weighted by atomic mass is 35.5. The molecule has 28 heavy (non-hydrogen) atoms. The van der Waals surface area contributed by atoms with Gasteiger partial charge >= 0.3 is 0 Å². The molecule has 0 aliphatic carbocycles. The first kappa shape index (κ1) is 23.3. The lowest BCUT2D eigenvalue weighted by Crippen LogP contribution is -2.47. The predicted octanol–water partition coefficient (Wildman–Crippen LogP) is 3.88. The fourth-order valence-corrected chi connectivity index (χ4v) is 4.06. The van der Waals surface area contributed by atoms with Gasteiger partial charge in [0, 0.05) is 55.9 Å². The van der Waals surface area contributed by atoms with Crippen LogP contribution < -0.4 is 10.6 Å². The fourth-order valence-electron chi connectivity index (χ4n) is 3.49. The summed E-state index contributed by atoms with van der Waals surface area (Å²) >= 11 is 12.4. The van der Waals surface area contributed by atoms with Gasteiger partial charge in [-0.2, -0.15) is 0 Å². The zero-order valence-corrected chi connectivity index (χ0v) is 19.2. The lowest BCUT2D eigenvalue weighted by atomic mass is 10.1. The lowest BCUT2D eigenvalue weighted by molar-refractivity contribution is 0.125. The lowest BCUT2D eigenvalue weighted by Gasteiger charge is -2.35. The largest absolute Gasteiger partial charge is 0.357 e. The van der Waals surface area contributed by atoms with Crippen LogP contribution in [0.1, 0.15) is 39.3 Å². The summed E-state index contributed by atoms with van der Waals surface area (Å²) in [6.45, 7) is 17.2. The molecule has 5 nitrogen and oxygen atoms in total. The van der Waals surface area contributed by atoms with Crippen molar-refractivity contribution >= 4 is 29.2 Å². The number of halogens is 2. The van der Waals surface area contributed by atoms with E-state index in [1.165, 1.54) is 13.1 Å². The van der Waals surface area contributed by atoms with Gasteiger partial charge in [-0.1, -0.05) is 43.1 Å². The summed E-state index contributed by atoms with van der Waals surface area (Å²) in [4.78, 5) is 9.88. The van der Waals surface area contributed by atoms with Gasteiger partial charge in [-0.15, -0.1) is 0 Å². The Hall–Kier alpha value is -1.01. The number of guanidine groups is 1. The van der Waals surface area contributed by atoms with E-state index in [4.69, 9.17) is 28.2 Å². The Morgan fingerprint density at radius 1 is 1.11 bits per heavy atom. The van der Waals surface area contributed by atoms with Crippen LogP contribution in [0.25, 0.3) is 0 Å². The number of benzene rings is 1. The molecule has 1 saturated heterocycles. The van der Waals surface area contributed by atoms with E-state index in [0.29, 0.717) is 16.0 Å². The molecule has 1 aromatic rings. The number of likely N-dealkylation sites (N-methyl/N-ethyl adjacent to an activating group) is 1. The molecule has 2 rings (SSSR count). The second-order valence-corrected chi connectivity index (χ2v) is 8.44. The van der Waals surface area contributed by atoms with Gasteiger partial charge in [-0.05, 0) is 44.0 Å². The molecule has 1 fully saturated rings. The molecule has 2 unspecified atom stereocenters. The normalized spacial score (nSPS) is 18.7. The molecule has 2 N–H and O–H groups in total. The van der Waals surface area contributed by atoms with E-state index < -0.39 is 0 Å². The summed E-state index contributed by atoms with van der Waals surface area (Å²) in [5.41, 5.74) is 1.01. The Kier molecular flexibility index (Phi) is 9.86. The van der Waals surface area contributed by atoms with Crippen LogP contribution in [0.5, 0.6) is 0 Å². The Bertz CT molecular complexity index is 629. The van der Waals surface area contributed by atoms with Gasteiger partial charge in [0.05, 0.1) is 6.04 Å². The SMILES string of the molecule is CCNC(=NCC(C)CN1CCN(CC)CC1)NC(C)c1ccc(Cl)cc1Cl. The van der Waals surface area contributed by atoms with Crippen molar-refractivity contribution in [3.8, 4) is 0 Å². The third kappa shape index (κ3) is 7.43. The van der Waals surface area contributed by atoms with Gasteiger partial charge in [-0.25, -0.2) is 0 Å². The van der Waals surface area contributed by atoms with Crippen molar-refractivity contribution in [2.75, 3.05) is 52.4 Å². The van der Waals surface area contributed by atoms with Crippen LogP contribution in [-0.4, -0.2) is 68.1 Å². The summed E-state index contributed by atoms with van der Waals surface area (Å²) in [5.74, 6) is 1.33. The Labute approximate surface area is 180 Å². The highest BCUT2D eigenvalue weighted by Gasteiger charge is 2.17. The molecule has 1 heterocycles. The number of nitrogens with one attached hydrogen (secondary N) is 2. The minimum Gasteiger partial charge on any atom is -0.357 e. The average molecular weight is 428 g/mol. The summed E-state index contributed by atoms with van der Waals surface area (Å²) in [7, 11) is 0. The predicted molar refractivity (Wildman–Crippen MR) is 122 cm³/mol. The number of hydrogen-bond donors (Lipinski definition) is 2. The van der Waals surface area contributed by atoms with Crippen molar-refractivity contribution < 1.29 is 0 Å². The van der Waals surface area contributed by atoms with Crippen LogP contribution in [0.4, 0.5) is 0 Å². The van der Waals surface area contributed by atoms with E-state index in [-0.39, 0.29) is 6.04 Å². The molecule has 0 radical (unpaired) electrons. The molecule has 0 amide bonds. The maximum absolute atomic E-state index is 6.35. The van der Waals surface area contributed by atoms with Crippen LogP contribution in [0.3, 0.4) is 0 Å². The highest BCUT2D eigenvalue weighted by molar-refractivity contribution is 6.35. The molecule has 0 saturated carbocycles. The standard InChI is InChI=1S/C21H35Cl2N5/c1-5-24-21(26-17(4)19-8-7-18(22)13-20(19)23)25-14-16(3)15-28-11-9-27(6-2)10-12-28/h7-8,13,16-17H,5-6,9-12,14-15H2,1-4H3,(H2,24,25,26). The van der Waals surface area contributed by atoms with Gasteiger partial charge < -0.3 is 20.4 Å². The molecule has 0 bridgehead atoms. The molecule has 1 aliphatic rings. The second kappa shape index (κ2) is 11.9. The summed E-state index contributed by atoms with van der Waals surface area (Å²) in [6.07, 6.45) is 0. The zero-order valence-electron chi connectivity index (χ0n) is 17.6. The van der Waals surface area contributed by atoms with Crippen molar-refractivity contribution in [1.82, 2.24) is 20.4 Å². The average Bonchev–Trinajstić information content (AvgIpc) is 2.66. The quantitative estimate of drug-likeness (QED) is 0.487. The Balaban J connectivity index is 1.88. The van der Waals surface area contributed by atoms with Gasteiger partial charge in [0.15, 0.2) is 5.96 Å². The second-order valence-electron chi connectivity index (χ2n) is 7.59. The van der Waals surface area contributed by atoms with E-state index >= 15 is 0 Å². The van der Waals surface area contributed by atoms with Gasteiger partial charge in [0.1, 0.15) is 0 Å². The van der Waals surface area contributed by atoms with Crippen molar-refractivity contribution in [2.24, 2.45) is 10.9 Å². The fraction of sp³-hybridized carbons (Fsp3) is 0.667. The molecule has 0 aromatic heterocycles. The van der Waals surface area contributed by atoms with Crippen molar-refractivity contribution in [3.05, 3.63) is 33.8 Å². The number of rotatable bonds is 8. The first-order chi connectivity index (χ1) is 13.4. The van der Waals surface area contributed by atoms with Crippen LogP contribution in [0, 0.1) is 5.92 Å². The number of piperazine rings is 1. The Morgan fingerprint density at radius 2 is 1.79 bits per heavy atom. The third-order valence-electron chi connectivity index (χ3n) is 5.17. The maximum atomic E-state index is 6.35. The van der Waals surface area contributed by atoms with Crippen LogP contribution in [-0.2, 0) is 0 Å². The van der Waals surface area contributed by atoms with E-state index in [1.807, 2.05) is 12.1 Å². The smallest absolute Gasteiger partial charge is 0.191 e. The van der Waals surface area contributed by atoms with Crippen molar-refractivity contribution in [3.63, 3.8) is 0 Å². The van der Waals surface area contributed by atoms with Crippen LogP contribution in [0.2, 0.25) is 10.0 Å². The van der Waals surface area contributed by atoms with Crippen LogP contribution in [0.15, 0.2) is 23.2 Å². The number of nitrogens with zero attached hydrogens (tertiary/aromatic N) is 3. The minimum absolute atomic E-state index is 0.0417. The molecule has 1 aromatic carbocycles. The zero-order chi connectivity index (χ0) is 20.5. The molecule has 1 aliphatic heterocycles. The van der Waals surface area contributed by atoms with E-state index in [0.717, 1.165) is 50.8 Å². The summed E-state index contributed by atoms with van der Waals surface area (Å²) < 4.78 is 0. The van der Waals surface area contributed by atoms with Crippen molar-refractivity contribution in [1.29, 1.82) is 0 Å². The maximum Gasteiger partial charge on any atom is 0.191 e. The van der Waals surface area contributed by atoms with Crippen molar-refractivity contribution in [2.45, 2.75) is 33.7 Å². The molecule has 158 valence electrons. The van der Waals surface area contributed by atoms with Gasteiger partial charge in [0.2, 0.25) is 0 Å². The number of aliphatic imine (C=N–C) groups is 1. The molecule has 2 atom stereocenters. The molecule has 0 spiro atoms. The van der Waals surface area contributed by atoms with E-state index in [2.05, 4.69) is 48.1 Å². The summed E-state index contributed by atoms with van der Waals surface area (Å²) in [6, 6.07) is 5.65. The monoisotopic (exact) mass is 427 g/mol. The van der Waals surface area contributed by atoms with Crippen LogP contribution >= 0.6 is 23.2 Å². The van der Waals surface area contributed by atoms with E-state index in [1.54, 1.807) is 6.07 Å². The molecule has 7 heteroatoms. The molecular formula is C21H35Cl2N5. The Morgan fingerprint density at radius 3 is 2.39 bits per heavy atom. The first-order valence-electron chi connectivity index (χ1n) is 10.4. The van der Waals surface area contributed by atoms with E-state index in [9.17, 15) is 0 Å². The first-order valence-corrected chi connectivity index (χ1v) is 11.1. The third-order valence-corrected chi connectivity index (χ3v) is 5.73. The molecular weight excluding hydrogens is 393 g/mol. The summed E-state index contributed by atoms with van der Waals surface area (Å²) in [5, 5.41) is 8.11. The topological polar surface area (TPSA) is 42.9 Å². The minimum atomic E-state index is 0.0417.